The van der Waals surface area contributed by atoms with Crippen LogP contribution in [0, 0.1) is 0 Å². The zero-order chi connectivity index (χ0) is 13.7. The van der Waals surface area contributed by atoms with E-state index in [-0.39, 0.29) is 12.1 Å². The lowest BCUT2D eigenvalue weighted by Gasteiger charge is -2.22. The van der Waals surface area contributed by atoms with Gasteiger partial charge in [0.15, 0.2) is 0 Å². The van der Waals surface area contributed by atoms with Crippen molar-refractivity contribution in [3.05, 3.63) is 28.8 Å². The number of anilines is 1. The van der Waals surface area contributed by atoms with Crippen molar-refractivity contribution >= 4 is 17.3 Å². The molecule has 0 spiro atoms. The van der Waals surface area contributed by atoms with Gasteiger partial charge in [0.1, 0.15) is 0 Å². The number of nitrogens with two attached hydrogens (primary N) is 1. The van der Waals surface area contributed by atoms with Gasteiger partial charge in [-0.1, -0.05) is 17.7 Å². The molecule has 1 aromatic rings. The van der Waals surface area contributed by atoms with E-state index >= 15 is 0 Å². The first-order chi connectivity index (χ1) is 8.41. The highest BCUT2D eigenvalue weighted by atomic mass is 35.5. The van der Waals surface area contributed by atoms with Crippen LogP contribution in [0.1, 0.15) is 32.4 Å². The Labute approximate surface area is 115 Å². The number of rotatable bonds is 6. The first-order valence-corrected chi connectivity index (χ1v) is 6.67. The van der Waals surface area contributed by atoms with Crippen LogP contribution in [-0.2, 0) is 4.74 Å². The van der Waals surface area contributed by atoms with Crippen molar-refractivity contribution in [3.8, 4) is 0 Å². The maximum absolute atomic E-state index is 6.27. The summed E-state index contributed by atoms with van der Waals surface area (Å²) in [6.07, 6.45) is 0.259. The van der Waals surface area contributed by atoms with Crippen LogP contribution < -0.4 is 10.6 Å². The van der Waals surface area contributed by atoms with Crippen molar-refractivity contribution in [1.29, 1.82) is 0 Å². The Balaban J connectivity index is 2.65. The van der Waals surface area contributed by atoms with Gasteiger partial charge < -0.3 is 15.4 Å². The molecule has 1 aromatic carbocycles. The molecule has 102 valence electrons. The highest BCUT2D eigenvalue weighted by Crippen LogP contribution is 2.27. The topological polar surface area (TPSA) is 38.5 Å². The summed E-state index contributed by atoms with van der Waals surface area (Å²) in [5.41, 5.74) is 7.89. The molecule has 1 atom stereocenters. The first kappa shape index (κ1) is 15.3. The molecule has 18 heavy (non-hydrogen) atoms. The second-order valence-corrected chi connectivity index (χ2v) is 5.25. The minimum Gasteiger partial charge on any atom is -0.377 e. The number of halogens is 1. The Morgan fingerprint density at radius 3 is 2.50 bits per heavy atom. The van der Waals surface area contributed by atoms with Crippen LogP contribution in [0.2, 0.25) is 5.02 Å². The van der Waals surface area contributed by atoms with Crippen molar-refractivity contribution < 1.29 is 4.74 Å². The Morgan fingerprint density at radius 1 is 1.33 bits per heavy atom. The smallest absolute Gasteiger partial charge is 0.0644 e. The van der Waals surface area contributed by atoms with Gasteiger partial charge in [0.2, 0.25) is 0 Å². The molecule has 4 heteroatoms. The van der Waals surface area contributed by atoms with Gasteiger partial charge in [0.05, 0.1) is 23.4 Å². The Kier molecular flexibility index (Phi) is 5.93. The molecule has 0 saturated heterocycles. The number of hydrogen-bond donors (Lipinski definition) is 1. The largest absolute Gasteiger partial charge is 0.377 e. The summed E-state index contributed by atoms with van der Waals surface area (Å²) in [4.78, 5) is 2.09. The lowest BCUT2D eigenvalue weighted by molar-refractivity contribution is 0.0846. The van der Waals surface area contributed by atoms with Crippen LogP contribution in [0.4, 0.5) is 5.69 Å². The molecule has 0 bridgehead atoms. The lowest BCUT2D eigenvalue weighted by Crippen LogP contribution is -2.24. The van der Waals surface area contributed by atoms with Crippen molar-refractivity contribution in [2.24, 2.45) is 5.73 Å². The average Bonchev–Trinajstić information content (AvgIpc) is 2.27. The summed E-state index contributed by atoms with van der Waals surface area (Å²) in [5.74, 6) is 0. The van der Waals surface area contributed by atoms with Gasteiger partial charge in [-0.3, -0.25) is 0 Å². The monoisotopic (exact) mass is 270 g/mol. The van der Waals surface area contributed by atoms with Gasteiger partial charge in [-0.05, 0) is 38.5 Å². The van der Waals surface area contributed by atoms with Crippen LogP contribution in [0.3, 0.4) is 0 Å². The molecule has 3 nitrogen and oxygen atoms in total. The molecule has 0 saturated carbocycles. The normalized spacial score (nSPS) is 12.8. The van der Waals surface area contributed by atoms with Crippen LogP contribution >= 0.6 is 11.6 Å². The lowest BCUT2D eigenvalue weighted by atomic mass is 10.1. The predicted molar refractivity (Wildman–Crippen MR) is 78.4 cm³/mol. The number of hydrogen-bond acceptors (Lipinski definition) is 3. The summed E-state index contributed by atoms with van der Waals surface area (Å²) in [6.45, 7) is 7.52. The van der Waals surface area contributed by atoms with E-state index in [1.165, 1.54) is 0 Å². The van der Waals surface area contributed by atoms with Gasteiger partial charge in [-0.15, -0.1) is 0 Å². The van der Waals surface area contributed by atoms with E-state index in [9.17, 15) is 0 Å². The third kappa shape index (κ3) is 4.48. The van der Waals surface area contributed by atoms with Crippen molar-refractivity contribution in [2.75, 3.05) is 25.1 Å². The van der Waals surface area contributed by atoms with Crippen LogP contribution in [0.5, 0.6) is 0 Å². The number of ether oxygens (including phenoxy) is 1. The minimum absolute atomic E-state index is 0.00568. The van der Waals surface area contributed by atoms with Crippen LogP contribution in [-0.4, -0.2) is 26.3 Å². The minimum atomic E-state index is 0.00568. The van der Waals surface area contributed by atoms with Crippen molar-refractivity contribution in [3.63, 3.8) is 0 Å². The third-order valence-corrected chi connectivity index (χ3v) is 3.09. The summed E-state index contributed by atoms with van der Waals surface area (Å²) in [6, 6.07) is 5.97. The molecule has 0 heterocycles. The molecule has 0 aliphatic carbocycles. The second kappa shape index (κ2) is 6.98. The number of likely N-dealkylation sites (N-methyl/N-ethyl adjacent to an activating group) is 1. The Morgan fingerprint density at radius 2 is 2.00 bits per heavy atom. The Bertz CT molecular complexity index is 380. The molecule has 0 amide bonds. The Hall–Kier alpha value is -0.770. The van der Waals surface area contributed by atoms with Crippen molar-refractivity contribution in [2.45, 2.75) is 32.9 Å². The van der Waals surface area contributed by atoms with Crippen molar-refractivity contribution in [1.82, 2.24) is 0 Å². The second-order valence-electron chi connectivity index (χ2n) is 4.84. The molecule has 0 fully saturated rings. The summed E-state index contributed by atoms with van der Waals surface area (Å²) >= 11 is 6.27. The molecule has 0 aromatic heterocycles. The quantitative estimate of drug-likeness (QED) is 0.863. The average molecular weight is 271 g/mol. The van der Waals surface area contributed by atoms with Gasteiger partial charge >= 0.3 is 0 Å². The third-order valence-electron chi connectivity index (χ3n) is 2.79. The van der Waals surface area contributed by atoms with Gasteiger partial charge in [-0.2, -0.15) is 0 Å². The van der Waals surface area contributed by atoms with E-state index in [4.69, 9.17) is 22.1 Å². The molecule has 0 aliphatic rings. The standard InChI is InChI=1S/C14H23ClN2O/c1-10(2)18-8-7-17(4)14-6-5-12(11(3)16)9-13(14)15/h5-6,9-11H,7-8,16H2,1-4H3. The van der Waals surface area contributed by atoms with E-state index < -0.39 is 0 Å². The van der Waals surface area contributed by atoms with Crippen LogP contribution in [0.25, 0.3) is 0 Å². The van der Waals surface area contributed by atoms with Crippen LogP contribution in [0.15, 0.2) is 18.2 Å². The maximum Gasteiger partial charge on any atom is 0.0644 e. The molecule has 0 aliphatic heterocycles. The van der Waals surface area contributed by atoms with E-state index in [1.807, 2.05) is 46.0 Å². The number of benzene rings is 1. The predicted octanol–water partition coefficient (Wildman–Crippen LogP) is 3.22. The first-order valence-electron chi connectivity index (χ1n) is 6.29. The van der Waals surface area contributed by atoms with E-state index in [2.05, 4.69) is 4.90 Å². The summed E-state index contributed by atoms with van der Waals surface area (Å²) < 4.78 is 5.53. The molecule has 0 radical (unpaired) electrons. The van der Waals surface area contributed by atoms with Gasteiger partial charge in [-0.25, -0.2) is 0 Å². The molecule has 1 unspecified atom stereocenters. The maximum atomic E-state index is 6.27. The molecule has 1 rings (SSSR count). The summed E-state index contributed by atoms with van der Waals surface area (Å²) in [7, 11) is 2.01. The van der Waals surface area contributed by atoms with Gasteiger partial charge in [0, 0.05) is 19.6 Å². The molecular formula is C14H23ClN2O. The SMILES string of the molecule is CC(C)OCCN(C)c1ccc(C(C)N)cc1Cl. The summed E-state index contributed by atoms with van der Waals surface area (Å²) in [5, 5.41) is 0.733. The highest BCUT2D eigenvalue weighted by Gasteiger charge is 2.08. The zero-order valence-corrected chi connectivity index (χ0v) is 12.4. The van der Waals surface area contributed by atoms with E-state index in [0.717, 1.165) is 22.8 Å². The van der Waals surface area contributed by atoms with Gasteiger partial charge in [0.25, 0.3) is 0 Å². The molecule has 2 N–H and O–H groups in total. The fraction of sp³-hybridized carbons (Fsp3) is 0.571. The van der Waals surface area contributed by atoms with E-state index in [1.54, 1.807) is 0 Å². The highest BCUT2D eigenvalue weighted by molar-refractivity contribution is 6.33. The fourth-order valence-electron chi connectivity index (χ4n) is 1.66. The zero-order valence-electron chi connectivity index (χ0n) is 11.6. The fourth-order valence-corrected chi connectivity index (χ4v) is 1.99. The molecular weight excluding hydrogens is 248 g/mol. The number of nitrogens with zero attached hydrogens (tertiary/aromatic N) is 1. The van der Waals surface area contributed by atoms with E-state index in [0.29, 0.717) is 6.61 Å².